The molecule has 0 fully saturated rings. The molecule has 0 spiro atoms. The van der Waals surface area contributed by atoms with Crippen LogP contribution in [0.15, 0.2) is 40.8 Å². The highest BCUT2D eigenvalue weighted by Crippen LogP contribution is 2.31. The van der Waals surface area contributed by atoms with Crippen LogP contribution in [0.3, 0.4) is 0 Å². The summed E-state index contributed by atoms with van der Waals surface area (Å²) in [5.41, 5.74) is 1.57. The fraction of sp³-hybridized carbons (Fsp3) is 0.278. The molecular formula is C18H18N2O3S. The van der Waals surface area contributed by atoms with E-state index >= 15 is 0 Å². The van der Waals surface area contributed by atoms with Gasteiger partial charge in [-0.3, -0.25) is 14.2 Å². The van der Waals surface area contributed by atoms with Crippen LogP contribution >= 0.6 is 11.3 Å². The third-order valence-corrected chi connectivity index (χ3v) is 4.89. The van der Waals surface area contributed by atoms with Crippen molar-refractivity contribution >= 4 is 27.3 Å². The summed E-state index contributed by atoms with van der Waals surface area (Å²) in [7, 11) is 0. The largest absolute Gasteiger partial charge is 0.494 e. The van der Waals surface area contributed by atoms with Crippen LogP contribution in [0.2, 0.25) is 0 Å². The van der Waals surface area contributed by atoms with Crippen molar-refractivity contribution in [1.82, 2.24) is 9.55 Å². The first-order chi connectivity index (χ1) is 11.5. The van der Waals surface area contributed by atoms with E-state index in [1.54, 1.807) is 6.92 Å². The SMILES string of the molecule is CCOc1ccc(-c2csc3ncn(C(C)C(C)=O)c(=O)c23)cc1. The zero-order valence-corrected chi connectivity index (χ0v) is 14.6. The average Bonchev–Trinajstić information content (AvgIpc) is 3.00. The lowest BCUT2D eigenvalue weighted by Gasteiger charge is -2.11. The lowest BCUT2D eigenvalue weighted by molar-refractivity contribution is -0.119. The van der Waals surface area contributed by atoms with Crippen molar-refractivity contribution in [2.45, 2.75) is 26.8 Å². The molecule has 6 heteroatoms. The Hall–Kier alpha value is -2.47. The van der Waals surface area contributed by atoms with E-state index in [9.17, 15) is 9.59 Å². The highest BCUT2D eigenvalue weighted by molar-refractivity contribution is 7.17. The molecule has 3 rings (SSSR count). The summed E-state index contributed by atoms with van der Waals surface area (Å²) in [5, 5.41) is 2.48. The van der Waals surface area contributed by atoms with E-state index in [4.69, 9.17) is 4.74 Å². The second-order valence-corrected chi connectivity index (χ2v) is 6.39. The fourth-order valence-electron chi connectivity index (χ4n) is 2.53. The molecule has 0 aliphatic carbocycles. The van der Waals surface area contributed by atoms with E-state index in [2.05, 4.69) is 4.98 Å². The molecule has 0 amide bonds. The highest BCUT2D eigenvalue weighted by Gasteiger charge is 2.17. The number of ketones is 1. The van der Waals surface area contributed by atoms with Gasteiger partial charge in [0.2, 0.25) is 0 Å². The summed E-state index contributed by atoms with van der Waals surface area (Å²) in [6.07, 6.45) is 1.45. The zero-order chi connectivity index (χ0) is 17.3. The lowest BCUT2D eigenvalue weighted by Crippen LogP contribution is -2.27. The Balaban J connectivity index is 2.14. The molecule has 1 unspecified atom stereocenters. The molecule has 1 atom stereocenters. The van der Waals surface area contributed by atoms with Gasteiger partial charge < -0.3 is 4.74 Å². The number of rotatable bonds is 5. The topological polar surface area (TPSA) is 61.2 Å². The number of fused-ring (bicyclic) bond motifs is 1. The summed E-state index contributed by atoms with van der Waals surface area (Å²) in [6, 6.07) is 7.10. The molecule has 2 aromatic heterocycles. The van der Waals surface area contributed by atoms with Gasteiger partial charge in [0.1, 0.15) is 10.6 Å². The molecule has 0 bridgehead atoms. The van der Waals surface area contributed by atoms with Crippen LogP contribution in [0.5, 0.6) is 5.75 Å². The first-order valence-corrected chi connectivity index (χ1v) is 8.63. The van der Waals surface area contributed by atoms with Gasteiger partial charge >= 0.3 is 0 Å². The van der Waals surface area contributed by atoms with Crippen LogP contribution < -0.4 is 10.3 Å². The molecule has 0 N–H and O–H groups in total. The van der Waals surface area contributed by atoms with Crippen molar-refractivity contribution in [2.24, 2.45) is 0 Å². The molecule has 0 saturated heterocycles. The van der Waals surface area contributed by atoms with Gasteiger partial charge in [-0.1, -0.05) is 12.1 Å². The summed E-state index contributed by atoms with van der Waals surface area (Å²) in [5.74, 6) is 0.720. The summed E-state index contributed by atoms with van der Waals surface area (Å²) >= 11 is 1.43. The highest BCUT2D eigenvalue weighted by atomic mass is 32.1. The van der Waals surface area contributed by atoms with Crippen LogP contribution in [0.1, 0.15) is 26.8 Å². The second-order valence-electron chi connectivity index (χ2n) is 5.53. The van der Waals surface area contributed by atoms with Crippen LogP contribution in [0.25, 0.3) is 21.3 Å². The van der Waals surface area contributed by atoms with Gasteiger partial charge in [-0.2, -0.15) is 0 Å². The molecule has 0 aliphatic heterocycles. The molecule has 0 saturated carbocycles. The van der Waals surface area contributed by atoms with E-state index in [0.717, 1.165) is 16.9 Å². The lowest BCUT2D eigenvalue weighted by atomic mass is 10.1. The Labute approximate surface area is 143 Å². The van der Waals surface area contributed by atoms with E-state index in [1.807, 2.05) is 36.6 Å². The number of hydrogen-bond donors (Lipinski definition) is 0. The number of Topliss-reactive ketones (excluding diaryl/α,β-unsaturated/α-hetero) is 1. The molecule has 0 radical (unpaired) electrons. The van der Waals surface area contributed by atoms with Gasteiger partial charge in [-0.25, -0.2) is 4.98 Å². The van der Waals surface area contributed by atoms with Crippen molar-refractivity contribution in [1.29, 1.82) is 0 Å². The van der Waals surface area contributed by atoms with Crippen molar-refractivity contribution in [3.8, 4) is 16.9 Å². The molecule has 124 valence electrons. The quantitative estimate of drug-likeness (QED) is 0.710. The minimum Gasteiger partial charge on any atom is -0.494 e. The first kappa shape index (κ1) is 16.4. The van der Waals surface area contributed by atoms with Gasteiger partial charge in [0, 0.05) is 10.9 Å². The Kier molecular flexibility index (Phi) is 4.49. The number of thiophene rings is 1. The Morgan fingerprint density at radius 2 is 2.04 bits per heavy atom. The van der Waals surface area contributed by atoms with Crippen LogP contribution in [0, 0.1) is 0 Å². The summed E-state index contributed by atoms with van der Waals surface area (Å²) in [6.45, 7) is 5.73. The number of carbonyl (C=O) groups is 1. The second kappa shape index (κ2) is 6.57. The van der Waals surface area contributed by atoms with Gasteiger partial charge in [-0.05, 0) is 38.5 Å². The first-order valence-electron chi connectivity index (χ1n) is 7.75. The maximum atomic E-state index is 12.9. The number of ether oxygens (including phenoxy) is 1. The number of benzene rings is 1. The van der Waals surface area contributed by atoms with Gasteiger partial charge in [-0.15, -0.1) is 11.3 Å². The molecule has 0 aliphatic rings. The minimum absolute atomic E-state index is 0.0731. The fourth-order valence-corrected chi connectivity index (χ4v) is 3.43. The zero-order valence-electron chi connectivity index (χ0n) is 13.8. The maximum absolute atomic E-state index is 12.9. The van der Waals surface area contributed by atoms with Gasteiger partial charge in [0.15, 0.2) is 5.78 Å². The van der Waals surface area contributed by atoms with E-state index < -0.39 is 6.04 Å². The standard InChI is InChI=1S/C18H18N2O3S/c1-4-23-14-7-5-13(6-8-14)15-9-24-17-16(15)18(22)20(10-19-17)11(2)12(3)21/h5-11H,4H2,1-3H3. The predicted molar refractivity (Wildman–Crippen MR) is 95.9 cm³/mol. The van der Waals surface area contributed by atoms with E-state index in [0.29, 0.717) is 16.8 Å². The van der Waals surface area contributed by atoms with Crippen LogP contribution in [-0.4, -0.2) is 21.9 Å². The third kappa shape index (κ3) is 2.85. The summed E-state index contributed by atoms with van der Waals surface area (Å²) in [4.78, 5) is 29.5. The van der Waals surface area contributed by atoms with E-state index in [1.165, 1.54) is 29.2 Å². The van der Waals surface area contributed by atoms with Crippen LogP contribution in [-0.2, 0) is 4.79 Å². The van der Waals surface area contributed by atoms with Crippen molar-refractivity contribution in [2.75, 3.05) is 6.61 Å². The maximum Gasteiger partial charge on any atom is 0.263 e. The Bertz CT molecular complexity index is 941. The monoisotopic (exact) mass is 342 g/mol. The van der Waals surface area contributed by atoms with Crippen molar-refractivity contribution in [3.05, 3.63) is 46.3 Å². The number of aromatic nitrogens is 2. The molecular weight excluding hydrogens is 324 g/mol. The molecule has 3 aromatic rings. The third-order valence-electron chi connectivity index (χ3n) is 4.00. The number of nitrogens with zero attached hydrogens (tertiary/aromatic N) is 2. The van der Waals surface area contributed by atoms with Crippen molar-refractivity contribution in [3.63, 3.8) is 0 Å². The molecule has 2 heterocycles. The number of hydrogen-bond acceptors (Lipinski definition) is 5. The Morgan fingerprint density at radius 3 is 2.67 bits per heavy atom. The Morgan fingerprint density at radius 1 is 1.33 bits per heavy atom. The minimum atomic E-state index is -0.525. The van der Waals surface area contributed by atoms with Gasteiger partial charge in [0.05, 0.1) is 24.4 Å². The van der Waals surface area contributed by atoms with Gasteiger partial charge in [0.25, 0.3) is 5.56 Å². The number of carbonyl (C=O) groups excluding carboxylic acids is 1. The average molecular weight is 342 g/mol. The molecule has 1 aromatic carbocycles. The molecule has 24 heavy (non-hydrogen) atoms. The van der Waals surface area contributed by atoms with Crippen molar-refractivity contribution < 1.29 is 9.53 Å². The van der Waals surface area contributed by atoms with E-state index in [-0.39, 0.29) is 11.3 Å². The molecule has 5 nitrogen and oxygen atoms in total. The predicted octanol–water partition coefficient (Wildman–Crippen LogP) is 3.67. The normalized spacial score (nSPS) is 12.3. The van der Waals surface area contributed by atoms with Crippen LogP contribution in [0.4, 0.5) is 0 Å². The smallest absolute Gasteiger partial charge is 0.263 e. The summed E-state index contributed by atoms with van der Waals surface area (Å²) < 4.78 is 6.85.